The molecule has 0 spiro atoms. The van der Waals surface area contributed by atoms with Crippen molar-refractivity contribution in [2.24, 2.45) is 0 Å². The van der Waals surface area contributed by atoms with Crippen LogP contribution in [0.2, 0.25) is 0 Å². The number of methoxy groups -OCH3 is 1. The van der Waals surface area contributed by atoms with Crippen LogP contribution in [0.5, 0.6) is 17.5 Å². The van der Waals surface area contributed by atoms with E-state index in [4.69, 9.17) is 14.2 Å². The standard InChI is InChI=1S/C28H26N4O4/c1-34-25-3-2-4-26(17-25)36-28-29-18-22(19-30-28)20-5-7-21(8-6-20)27(33)31-23-9-11-24(12-10-23)32-13-15-35-16-14-32/h2-12,17-19H,13-16H2,1H3,(H,31,33). The van der Waals surface area contributed by atoms with Crippen molar-refractivity contribution < 1.29 is 19.0 Å². The summed E-state index contributed by atoms with van der Waals surface area (Å²) in [5.74, 6) is 1.12. The lowest BCUT2D eigenvalue weighted by Crippen LogP contribution is -2.36. The normalized spacial score (nSPS) is 13.2. The van der Waals surface area contributed by atoms with Gasteiger partial charge < -0.3 is 24.4 Å². The summed E-state index contributed by atoms with van der Waals surface area (Å²) in [6.45, 7) is 3.23. The molecule has 1 aliphatic rings. The van der Waals surface area contributed by atoms with Crippen LogP contribution in [0.1, 0.15) is 10.4 Å². The molecule has 0 aliphatic carbocycles. The Balaban J connectivity index is 1.19. The summed E-state index contributed by atoms with van der Waals surface area (Å²) in [5, 5.41) is 2.95. The Bertz CT molecular complexity index is 1300. The zero-order valence-electron chi connectivity index (χ0n) is 19.9. The number of rotatable bonds is 7. The molecule has 0 saturated carbocycles. The van der Waals surface area contributed by atoms with Gasteiger partial charge in [-0.3, -0.25) is 4.79 Å². The molecule has 36 heavy (non-hydrogen) atoms. The van der Waals surface area contributed by atoms with Crippen LogP contribution in [0, 0.1) is 0 Å². The van der Waals surface area contributed by atoms with Gasteiger partial charge in [0, 0.05) is 54.1 Å². The topological polar surface area (TPSA) is 85.8 Å². The van der Waals surface area contributed by atoms with Gasteiger partial charge in [-0.05, 0) is 54.1 Å². The first-order valence-electron chi connectivity index (χ1n) is 11.7. The summed E-state index contributed by atoms with van der Waals surface area (Å²) in [6, 6.07) is 22.7. The van der Waals surface area contributed by atoms with Crippen LogP contribution >= 0.6 is 0 Å². The molecule has 2 heterocycles. The van der Waals surface area contributed by atoms with Crippen LogP contribution in [-0.4, -0.2) is 49.3 Å². The number of aromatic nitrogens is 2. The Kier molecular flexibility index (Phi) is 7.05. The third-order valence-electron chi connectivity index (χ3n) is 5.86. The number of ether oxygens (including phenoxy) is 3. The molecule has 0 unspecified atom stereocenters. The van der Waals surface area contributed by atoms with E-state index in [1.807, 2.05) is 54.6 Å². The smallest absolute Gasteiger partial charge is 0.321 e. The monoisotopic (exact) mass is 482 g/mol. The molecule has 5 rings (SSSR count). The van der Waals surface area contributed by atoms with E-state index in [1.54, 1.807) is 37.7 Å². The molecule has 1 fully saturated rings. The van der Waals surface area contributed by atoms with Gasteiger partial charge in [0.2, 0.25) is 0 Å². The van der Waals surface area contributed by atoms with Crippen molar-refractivity contribution in [3.8, 4) is 28.6 Å². The summed E-state index contributed by atoms with van der Waals surface area (Å²) < 4.78 is 16.3. The van der Waals surface area contributed by atoms with Crippen LogP contribution < -0.4 is 19.7 Å². The molecular weight excluding hydrogens is 456 g/mol. The molecule has 1 aliphatic heterocycles. The van der Waals surface area contributed by atoms with E-state index >= 15 is 0 Å². The molecule has 1 amide bonds. The average molecular weight is 483 g/mol. The fourth-order valence-corrected chi connectivity index (χ4v) is 3.88. The molecule has 182 valence electrons. The Morgan fingerprint density at radius 1 is 0.889 bits per heavy atom. The number of benzene rings is 3. The fraction of sp³-hybridized carbons (Fsp3) is 0.179. The molecule has 3 aromatic carbocycles. The quantitative estimate of drug-likeness (QED) is 0.395. The molecule has 4 aromatic rings. The number of carbonyl (C=O) groups is 1. The second-order valence-corrected chi connectivity index (χ2v) is 8.21. The molecule has 8 heteroatoms. The van der Waals surface area contributed by atoms with Gasteiger partial charge in [-0.1, -0.05) is 18.2 Å². The summed E-state index contributed by atoms with van der Waals surface area (Å²) in [6.07, 6.45) is 3.38. The predicted octanol–water partition coefficient (Wildman–Crippen LogP) is 5.03. The highest BCUT2D eigenvalue weighted by atomic mass is 16.5. The van der Waals surface area contributed by atoms with E-state index in [-0.39, 0.29) is 11.9 Å². The van der Waals surface area contributed by atoms with E-state index in [2.05, 4.69) is 20.2 Å². The first-order chi connectivity index (χ1) is 17.7. The van der Waals surface area contributed by atoms with Gasteiger partial charge in [0.05, 0.1) is 20.3 Å². The highest BCUT2D eigenvalue weighted by molar-refractivity contribution is 6.04. The highest BCUT2D eigenvalue weighted by Crippen LogP contribution is 2.25. The number of nitrogens with zero attached hydrogens (tertiary/aromatic N) is 3. The lowest BCUT2D eigenvalue weighted by molar-refractivity contribution is 0.102. The molecule has 1 N–H and O–H groups in total. The van der Waals surface area contributed by atoms with Crippen molar-refractivity contribution in [3.05, 3.63) is 90.8 Å². The predicted molar refractivity (Wildman–Crippen MR) is 138 cm³/mol. The van der Waals surface area contributed by atoms with Gasteiger partial charge in [-0.25, -0.2) is 9.97 Å². The van der Waals surface area contributed by atoms with Gasteiger partial charge in [0.1, 0.15) is 11.5 Å². The molecule has 1 aromatic heterocycles. The van der Waals surface area contributed by atoms with E-state index in [0.29, 0.717) is 17.1 Å². The maximum absolute atomic E-state index is 12.7. The van der Waals surface area contributed by atoms with Crippen LogP contribution in [-0.2, 0) is 4.74 Å². The summed E-state index contributed by atoms with van der Waals surface area (Å²) >= 11 is 0. The molecule has 0 atom stereocenters. The van der Waals surface area contributed by atoms with E-state index in [0.717, 1.165) is 48.8 Å². The third kappa shape index (κ3) is 5.61. The van der Waals surface area contributed by atoms with Gasteiger partial charge in [0.15, 0.2) is 0 Å². The van der Waals surface area contributed by atoms with Gasteiger partial charge in [-0.15, -0.1) is 0 Å². The van der Waals surface area contributed by atoms with E-state index < -0.39 is 0 Å². The van der Waals surface area contributed by atoms with Crippen LogP contribution in [0.25, 0.3) is 11.1 Å². The van der Waals surface area contributed by atoms with Crippen molar-refractivity contribution in [3.63, 3.8) is 0 Å². The van der Waals surface area contributed by atoms with E-state index in [9.17, 15) is 4.79 Å². The number of amides is 1. The number of hydrogen-bond acceptors (Lipinski definition) is 7. The zero-order valence-corrected chi connectivity index (χ0v) is 19.9. The Morgan fingerprint density at radius 2 is 1.58 bits per heavy atom. The van der Waals surface area contributed by atoms with Crippen molar-refractivity contribution >= 4 is 17.3 Å². The Hall–Kier alpha value is -4.43. The minimum absolute atomic E-state index is 0.168. The molecule has 8 nitrogen and oxygen atoms in total. The molecule has 0 radical (unpaired) electrons. The van der Waals surface area contributed by atoms with Crippen LogP contribution in [0.15, 0.2) is 85.2 Å². The minimum Gasteiger partial charge on any atom is -0.497 e. The Labute approximate surface area is 209 Å². The van der Waals surface area contributed by atoms with Crippen LogP contribution in [0.3, 0.4) is 0 Å². The second kappa shape index (κ2) is 10.9. The zero-order chi connectivity index (χ0) is 24.7. The largest absolute Gasteiger partial charge is 0.497 e. The molecule has 0 bridgehead atoms. The van der Waals surface area contributed by atoms with Crippen LogP contribution in [0.4, 0.5) is 11.4 Å². The average Bonchev–Trinajstić information content (AvgIpc) is 2.94. The lowest BCUT2D eigenvalue weighted by atomic mass is 10.1. The maximum Gasteiger partial charge on any atom is 0.321 e. The van der Waals surface area contributed by atoms with Gasteiger partial charge in [0.25, 0.3) is 5.91 Å². The number of carbonyl (C=O) groups excluding carboxylic acids is 1. The lowest BCUT2D eigenvalue weighted by Gasteiger charge is -2.28. The molecular formula is C28H26N4O4. The number of nitrogens with one attached hydrogen (secondary N) is 1. The number of morpholine rings is 1. The number of hydrogen-bond donors (Lipinski definition) is 1. The van der Waals surface area contributed by atoms with Crippen molar-refractivity contribution in [2.75, 3.05) is 43.6 Å². The van der Waals surface area contributed by atoms with Crippen molar-refractivity contribution in [1.29, 1.82) is 0 Å². The summed E-state index contributed by atoms with van der Waals surface area (Å²) in [4.78, 5) is 23.6. The Morgan fingerprint density at radius 3 is 2.28 bits per heavy atom. The number of anilines is 2. The highest BCUT2D eigenvalue weighted by Gasteiger charge is 2.12. The fourth-order valence-electron chi connectivity index (χ4n) is 3.88. The van der Waals surface area contributed by atoms with Gasteiger partial charge >= 0.3 is 6.01 Å². The minimum atomic E-state index is -0.168. The first kappa shape index (κ1) is 23.3. The summed E-state index contributed by atoms with van der Waals surface area (Å²) in [7, 11) is 1.60. The van der Waals surface area contributed by atoms with Gasteiger partial charge in [-0.2, -0.15) is 0 Å². The SMILES string of the molecule is COc1cccc(Oc2ncc(-c3ccc(C(=O)Nc4ccc(N5CCOCC5)cc4)cc3)cn2)c1. The first-order valence-corrected chi connectivity index (χ1v) is 11.7. The maximum atomic E-state index is 12.7. The third-order valence-corrected chi connectivity index (χ3v) is 5.86. The summed E-state index contributed by atoms with van der Waals surface area (Å²) in [5.41, 5.74) is 4.16. The van der Waals surface area contributed by atoms with Crippen molar-refractivity contribution in [1.82, 2.24) is 9.97 Å². The van der Waals surface area contributed by atoms with Crippen molar-refractivity contribution in [2.45, 2.75) is 0 Å². The molecule has 1 saturated heterocycles. The van der Waals surface area contributed by atoms with E-state index in [1.165, 1.54) is 0 Å². The second-order valence-electron chi connectivity index (χ2n) is 8.21.